The molecule has 1 aromatic carbocycles. The number of hydrogen-bond donors (Lipinski definition) is 1. The van der Waals surface area contributed by atoms with E-state index in [1.165, 1.54) is 12.1 Å². The Labute approximate surface area is 145 Å². The molecule has 1 saturated heterocycles. The highest BCUT2D eigenvalue weighted by Crippen LogP contribution is 2.30. The van der Waals surface area contributed by atoms with E-state index in [1.807, 2.05) is 0 Å². The molecule has 5 nitrogen and oxygen atoms in total. The van der Waals surface area contributed by atoms with Gasteiger partial charge < -0.3 is 19.7 Å². The molecule has 0 atom stereocenters. The Morgan fingerprint density at radius 1 is 1.20 bits per heavy atom. The van der Waals surface area contributed by atoms with Crippen molar-refractivity contribution >= 4 is 11.7 Å². The Balaban J connectivity index is 1.75. The summed E-state index contributed by atoms with van der Waals surface area (Å²) >= 11 is 0. The molecular weight excluding hydrogens is 337 g/mol. The van der Waals surface area contributed by atoms with Crippen LogP contribution in [0.2, 0.25) is 0 Å². The molecule has 0 radical (unpaired) electrons. The van der Waals surface area contributed by atoms with Crippen LogP contribution in [0.25, 0.3) is 0 Å². The predicted molar refractivity (Wildman–Crippen MR) is 87.5 cm³/mol. The fraction of sp³-hybridized carbons (Fsp3) is 0.588. The lowest BCUT2D eigenvalue weighted by Gasteiger charge is -2.31. The van der Waals surface area contributed by atoms with Gasteiger partial charge in [0.2, 0.25) is 0 Å². The average molecular weight is 360 g/mol. The van der Waals surface area contributed by atoms with E-state index < -0.39 is 11.7 Å². The van der Waals surface area contributed by atoms with E-state index in [0.717, 1.165) is 25.0 Å². The van der Waals surface area contributed by atoms with Crippen molar-refractivity contribution in [3.05, 3.63) is 29.8 Å². The van der Waals surface area contributed by atoms with Crippen molar-refractivity contribution in [1.29, 1.82) is 0 Å². The molecular formula is C17H23F3N2O3. The van der Waals surface area contributed by atoms with Crippen molar-refractivity contribution in [3.63, 3.8) is 0 Å². The minimum absolute atomic E-state index is 0.293. The van der Waals surface area contributed by atoms with Gasteiger partial charge in [-0.1, -0.05) is 0 Å². The first kappa shape index (κ1) is 19.5. The third-order valence-electron chi connectivity index (χ3n) is 4.15. The Morgan fingerprint density at radius 3 is 2.40 bits per heavy atom. The number of nitrogens with one attached hydrogen (secondary N) is 1. The average Bonchev–Trinajstić information content (AvgIpc) is 2.59. The zero-order chi connectivity index (χ0) is 18.3. The molecule has 0 aromatic heterocycles. The predicted octanol–water partition coefficient (Wildman–Crippen LogP) is 3.61. The number of hydrogen-bond acceptors (Lipinski definition) is 3. The second-order valence-corrected chi connectivity index (χ2v) is 6.00. The number of alkyl halides is 3. The minimum Gasteiger partial charge on any atom is -0.382 e. The Bertz CT molecular complexity index is 541. The molecule has 2 amide bonds. The second-order valence-electron chi connectivity index (χ2n) is 6.00. The van der Waals surface area contributed by atoms with Crippen molar-refractivity contribution in [2.24, 2.45) is 5.92 Å². The molecule has 1 heterocycles. The van der Waals surface area contributed by atoms with Crippen LogP contribution in [0, 0.1) is 5.92 Å². The number of rotatable bonds is 6. The smallest absolute Gasteiger partial charge is 0.382 e. The molecule has 1 fully saturated rings. The number of carbonyl (C=O) groups excluding carboxylic acids is 1. The van der Waals surface area contributed by atoms with Crippen LogP contribution in [0.4, 0.5) is 23.7 Å². The number of halogens is 3. The first-order valence-electron chi connectivity index (χ1n) is 8.20. The molecule has 2 rings (SSSR count). The number of likely N-dealkylation sites (tertiary alicyclic amines) is 1. The van der Waals surface area contributed by atoms with Gasteiger partial charge in [-0.05, 0) is 43.0 Å². The van der Waals surface area contributed by atoms with E-state index in [9.17, 15) is 18.0 Å². The molecule has 0 aliphatic carbocycles. The molecule has 25 heavy (non-hydrogen) atoms. The van der Waals surface area contributed by atoms with Gasteiger partial charge in [0.1, 0.15) is 0 Å². The summed E-state index contributed by atoms with van der Waals surface area (Å²) in [7, 11) is 1.62. The van der Waals surface area contributed by atoms with Gasteiger partial charge in [0, 0.05) is 32.5 Å². The van der Waals surface area contributed by atoms with Crippen LogP contribution in [-0.2, 0) is 15.7 Å². The van der Waals surface area contributed by atoms with Crippen LogP contribution < -0.4 is 5.32 Å². The summed E-state index contributed by atoms with van der Waals surface area (Å²) in [6, 6.07) is 4.14. The summed E-state index contributed by atoms with van der Waals surface area (Å²) in [5.74, 6) is 0.409. The quantitative estimate of drug-likeness (QED) is 0.789. The van der Waals surface area contributed by atoms with Crippen LogP contribution in [0.3, 0.4) is 0 Å². The summed E-state index contributed by atoms with van der Waals surface area (Å²) in [6.07, 6.45) is -2.70. The summed E-state index contributed by atoms with van der Waals surface area (Å²) in [5.41, 5.74) is -0.386. The van der Waals surface area contributed by atoms with Gasteiger partial charge >= 0.3 is 12.2 Å². The largest absolute Gasteiger partial charge is 0.416 e. The molecule has 1 aliphatic rings. The number of ether oxygens (including phenoxy) is 2. The normalized spacial score (nSPS) is 16.1. The van der Waals surface area contributed by atoms with Crippen molar-refractivity contribution in [3.8, 4) is 0 Å². The lowest BCUT2D eigenvalue weighted by Crippen LogP contribution is -2.41. The van der Waals surface area contributed by atoms with Crippen molar-refractivity contribution < 1.29 is 27.4 Å². The Kier molecular flexibility index (Phi) is 7.07. The standard InChI is InChI=1S/C17H23F3N2O3/c1-24-10-11-25-12-13-6-8-22(9-7-13)16(23)21-15-4-2-14(3-5-15)17(18,19)20/h2-5,13H,6-12H2,1H3,(H,21,23). The lowest BCUT2D eigenvalue weighted by molar-refractivity contribution is -0.137. The van der Waals surface area contributed by atoms with Crippen LogP contribution >= 0.6 is 0 Å². The van der Waals surface area contributed by atoms with Gasteiger partial charge in [0.15, 0.2) is 0 Å². The van der Waals surface area contributed by atoms with Gasteiger partial charge in [0.25, 0.3) is 0 Å². The minimum atomic E-state index is -4.38. The summed E-state index contributed by atoms with van der Waals surface area (Å²) < 4.78 is 48.0. The monoisotopic (exact) mass is 360 g/mol. The highest BCUT2D eigenvalue weighted by atomic mass is 19.4. The van der Waals surface area contributed by atoms with E-state index in [-0.39, 0.29) is 6.03 Å². The zero-order valence-electron chi connectivity index (χ0n) is 14.1. The van der Waals surface area contributed by atoms with Crippen LogP contribution in [-0.4, -0.2) is 51.0 Å². The maximum absolute atomic E-state index is 12.5. The Morgan fingerprint density at radius 2 is 1.84 bits per heavy atom. The molecule has 1 aromatic rings. The lowest BCUT2D eigenvalue weighted by atomic mass is 9.98. The van der Waals surface area contributed by atoms with E-state index in [2.05, 4.69) is 5.32 Å². The number of amides is 2. The maximum Gasteiger partial charge on any atom is 0.416 e. The van der Waals surface area contributed by atoms with Crippen LogP contribution in [0.5, 0.6) is 0 Å². The van der Waals surface area contributed by atoms with Gasteiger partial charge in [-0.15, -0.1) is 0 Å². The molecule has 8 heteroatoms. The van der Waals surface area contributed by atoms with Crippen LogP contribution in [0.1, 0.15) is 18.4 Å². The van der Waals surface area contributed by atoms with Crippen molar-refractivity contribution in [2.75, 3.05) is 45.3 Å². The third-order valence-corrected chi connectivity index (χ3v) is 4.15. The summed E-state index contributed by atoms with van der Waals surface area (Å²) in [6.45, 7) is 2.98. The van der Waals surface area contributed by atoms with Crippen molar-refractivity contribution in [1.82, 2.24) is 4.90 Å². The number of nitrogens with zero attached hydrogens (tertiary/aromatic N) is 1. The number of anilines is 1. The topological polar surface area (TPSA) is 50.8 Å². The van der Waals surface area contributed by atoms with Gasteiger partial charge in [0.05, 0.1) is 18.8 Å². The summed E-state index contributed by atoms with van der Waals surface area (Å²) in [4.78, 5) is 13.9. The molecule has 0 unspecified atom stereocenters. The van der Waals surface area contributed by atoms with E-state index in [4.69, 9.17) is 9.47 Å². The Hall–Kier alpha value is -1.80. The van der Waals surface area contributed by atoms with Gasteiger partial charge in [-0.25, -0.2) is 4.79 Å². The first-order valence-corrected chi connectivity index (χ1v) is 8.20. The highest BCUT2D eigenvalue weighted by Gasteiger charge is 2.30. The highest BCUT2D eigenvalue weighted by molar-refractivity contribution is 5.89. The number of methoxy groups -OCH3 is 1. The fourth-order valence-electron chi connectivity index (χ4n) is 2.64. The van der Waals surface area contributed by atoms with Gasteiger partial charge in [-0.2, -0.15) is 13.2 Å². The fourth-order valence-corrected chi connectivity index (χ4v) is 2.64. The molecule has 140 valence electrons. The van der Waals surface area contributed by atoms with E-state index in [0.29, 0.717) is 44.5 Å². The van der Waals surface area contributed by atoms with Crippen LogP contribution in [0.15, 0.2) is 24.3 Å². The molecule has 1 aliphatic heterocycles. The first-order chi connectivity index (χ1) is 11.9. The maximum atomic E-state index is 12.5. The molecule has 1 N–H and O–H groups in total. The molecule has 0 bridgehead atoms. The van der Waals surface area contributed by atoms with E-state index in [1.54, 1.807) is 12.0 Å². The summed E-state index contributed by atoms with van der Waals surface area (Å²) in [5, 5.41) is 2.64. The molecule has 0 saturated carbocycles. The van der Waals surface area contributed by atoms with Crippen molar-refractivity contribution in [2.45, 2.75) is 19.0 Å². The number of carbonyl (C=O) groups is 1. The SMILES string of the molecule is COCCOCC1CCN(C(=O)Nc2ccc(C(F)(F)F)cc2)CC1. The zero-order valence-corrected chi connectivity index (χ0v) is 14.1. The second kappa shape index (κ2) is 9.05. The third kappa shape index (κ3) is 6.21. The van der Waals surface area contributed by atoms with Gasteiger partial charge in [-0.3, -0.25) is 0 Å². The molecule has 0 spiro atoms. The number of piperidine rings is 1. The van der Waals surface area contributed by atoms with E-state index >= 15 is 0 Å². The number of urea groups is 1. The number of benzene rings is 1.